The van der Waals surface area contributed by atoms with Gasteiger partial charge in [0.15, 0.2) is 0 Å². The third-order valence-corrected chi connectivity index (χ3v) is 2.52. The van der Waals surface area contributed by atoms with Crippen molar-refractivity contribution in [3.8, 4) is 5.75 Å². The number of nitrogens with one attached hydrogen (secondary N) is 1. The molecule has 0 aliphatic heterocycles. The lowest BCUT2D eigenvalue weighted by molar-refractivity contribution is -0.141. The van der Waals surface area contributed by atoms with Crippen molar-refractivity contribution in [2.75, 3.05) is 20.8 Å². The van der Waals surface area contributed by atoms with Crippen molar-refractivity contribution in [2.45, 2.75) is 19.4 Å². The predicted molar refractivity (Wildman–Crippen MR) is 66.0 cm³/mol. The lowest BCUT2D eigenvalue weighted by atomic mass is 10.0. The molecule has 0 amide bonds. The van der Waals surface area contributed by atoms with Gasteiger partial charge in [-0.3, -0.25) is 4.79 Å². The highest BCUT2D eigenvalue weighted by Gasteiger charge is 2.14. The molecule has 4 heteroatoms. The Morgan fingerprint density at radius 3 is 2.82 bits per heavy atom. The number of benzene rings is 1. The predicted octanol–water partition coefficient (Wildman–Crippen LogP) is 1.91. The maximum atomic E-state index is 11.3. The first-order valence-electron chi connectivity index (χ1n) is 5.68. The second-order valence-electron chi connectivity index (χ2n) is 3.63. The molecular weight excluding hydrogens is 218 g/mol. The quantitative estimate of drug-likeness (QED) is 0.768. The molecule has 0 radical (unpaired) electrons. The average Bonchev–Trinajstić information content (AvgIpc) is 2.36. The summed E-state index contributed by atoms with van der Waals surface area (Å²) in [4.78, 5) is 11.3. The van der Waals surface area contributed by atoms with Gasteiger partial charge in [0.25, 0.3) is 0 Å². The van der Waals surface area contributed by atoms with Crippen molar-refractivity contribution in [3.63, 3.8) is 0 Å². The molecule has 17 heavy (non-hydrogen) atoms. The van der Waals surface area contributed by atoms with Crippen molar-refractivity contribution in [1.29, 1.82) is 0 Å². The molecule has 0 bridgehead atoms. The minimum Gasteiger partial charge on any atom is -0.494 e. The summed E-state index contributed by atoms with van der Waals surface area (Å²) in [6.07, 6.45) is 0.308. The number of carbonyl (C=O) groups excluding carboxylic acids is 1. The van der Waals surface area contributed by atoms with E-state index >= 15 is 0 Å². The van der Waals surface area contributed by atoms with Crippen molar-refractivity contribution in [1.82, 2.24) is 5.32 Å². The Morgan fingerprint density at radius 1 is 1.47 bits per heavy atom. The van der Waals surface area contributed by atoms with Crippen molar-refractivity contribution >= 4 is 5.97 Å². The van der Waals surface area contributed by atoms with E-state index in [9.17, 15) is 4.79 Å². The second-order valence-corrected chi connectivity index (χ2v) is 3.63. The van der Waals surface area contributed by atoms with Crippen LogP contribution in [0.1, 0.15) is 24.9 Å². The molecule has 0 saturated carbocycles. The topological polar surface area (TPSA) is 47.6 Å². The van der Waals surface area contributed by atoms with Gasteiger partial charge in [-0.1, -0.05) is 12.1 Å². The zero-order valence-electron chi connectivity index (χ0n) is 10.5. The summed E-state index contributed by atoms with van der Waals surface area (Å²) in [6, 6.07) is 7.67. The molecule has 0 aliphatic carbocycles. The molecule has 4 nitrogen and oxygen atoms in total. The van der Waals surface area contributed by atoms with E-state index in [2.05, 4.69) is 10.1 Å². The zero-order valence-corrected chi connectivity index (χ0v) is 10.5. The van der Waals surface area contributed by atoms with Crippen LogP contribution in [0, 0.1) is 0 Å². The van der Waals surface area contributed by atoms with Crippen LogP contribution < -0.4 is 10.1 Å². The van der Waals surface area contributed by atoms with Gasteiger partial charge in [-0.15, -0.1) is 0 Å². The minimum atomic E-state index is -0.230. The maximum absolute atomic E-state index is 11.3. The number of hydrogen-bond donors (Lipinski definition) is 1. The minimum absolute atomic E-state index is 0.0529. The fourth-order valence-corrected chi connectivity index (χ4v) is 1.62. The van der Waals surface area contributed by atoms with E-state index < -0.39 is 0 Å². The number of esters is 1. The molecule has 0 heterocycles. The maximum Gasteiger partial charge on any atom is 0.307 e. The monoisotopic (exact) mass is 237 g/mol. The van der Waals surface area contributed by atoms with Gasteiger partial charge in [0, 0.05) is 6.04 Å². The van der Waals surface area contributed by atoms with Gasteiger partial charge < -0.3 is 14.8 Å². The largest absolute Gasteiger partial charge is 0.494 e. The summed E-state index contributed by atoms with van der Waals surface area (Å²) in [5.41, 5.74) is 1.02. The molecule has 1 aromatic rings. The lowest BCUT2D eigenvalue weighted by Gasteiger charge is -2.16. The molecule has 1 unspecified atom stereocenters. The number of hydrogen-bond acceptors (Lipinski definition) is 4. The Balaban J connectivity index is 2.80. The third kappa shape index (κ3) is 4.07. The standard InChI is InChI=1S/C13H19NO3/c1-4-17-11-7-5-6-10(8-11)12(14-2)9-13(15)16-3/h5-8,12,14H,4,9H2,1-3H3. The molecule has 0 saturated heterocycles. The first-order valence-corrected chi connectivity index (χ1v) is 5.68. The van der Waals surface area contributed by atoms with Gasteiger partial charge in [-0.25, -0.2) is 0 Å². The van der Waals surface area contributed by atoms with Gasteiger partial charge in [0.1, 0.15) is 5.75 Å². The summed E-state index contributed by atoms with van der Waals surface area (Å²) >= 11 is 0. The summed E-state index contributed by atoms with van der Waals surface area (Å²) in [7, 11) is 3.21. The van der Waals surface area contributed by atoms with Crippen molar-refractivity contribution in [2.24, 2.45) is 0 Å². The van der Waals surface area contributed by atoms with E-state index in [4.69, 9.17) is 4.74 Å². The van der Waals surface area contributed by atoms with E-state index in [0.29, 0.717) is 13.0 Å². The lowest BCUT2D eigenvalue weighted by Crippen LogP contribution is -2.20. The molecule has 1 aromatic carbocycles. The van der Waals surface area contributed by atoms with Crippen LogP contribution in [0.4, 0.5) is 0 Å². The highest BCUT2D eigenvalue weighted by atomic mass is 16.5. The smallest absolute Gasteiger partial charge is 0.307 e. The van der Waals surface area contributed by atoms with E-state index in [-0.39, 0.29) is 12.0 Å². The van der Waals surface area contributed by atoms with Crippen LogP contribution in [0.2, 0.25) is 0 Å². The first-order chi connectivity index (χ1) is 8.21. The number of rotatable bonds is 6. The Kier molecular flexibility index (Phi) is 5.49. The zero-order chi connectivity index (χ0) is 12.7. The Hall–Kier alpha value is -1.55. The highest BCUT2D eigenvalue weighted by Crippen LogP contribution is 2.21. The SMILES string of the molecule is CCOc1cccc(C(CC(=O)OC)NC)c1. The molecule has 0 aliphatic rings. The molecule has 1 N–H and O–H groups in total. The van der Waals surface area contributed by atoms with E-state index in [1.165, 1.54) is 7.11 Å². The molecular formula is C13H19NO3. The van der Waals surface area contributed by atoms with Crippen LogP contribution in [0.5, 0.6) is 5.75 Å². The summed E-state index contributed by atoms with van der Waals surface area (Å²) < 4.78 is 10.1. The molecule has 1 rings (SSSR count). The van der Waals surface area contributed by atoms with Crippen molar-refractivity contribution in [3.05, 3.63) is 29.8 Å². The molecule has 0 fully saturated rings. The summed E-state index contributed by atoms with van der Waals surface area (Å²) in [5, 5.41) is 3.10. The Labute approximate surface area is 102 Å². The first kappa shape index (κ1) is 13.5. The van der Waals surface area contributed by atoms with Crippen LogP contribution >= 0.6 is 0 Å². The number of ether oxygens (including phenoxy) is 2. The van der Waals surface area contributed by atoms with Crippen LogP contribution in [0.25, 0.3) is 0 Å². The van der Waals surface area contributed by atoms with Crippen LogP contribution in [0.3, 0.4) is 0 Å². The fourth-order valence-electron chi connectivity index (χ4n) is 1.62. The molecule has 0 spiro atoms. The third-order valence-electron chi connectivity index (χ3n) is 2.52. The number of carbonyl (C=O) groups is 1. The fraction of sp³-hybridized carbons (Fsp3) is 0.462. The summed E-state index contributed by atoms with van der Waals surface area (Å²) in [6.45, 7) is 2.57. The van der Waals surface area contributed by atoms with Gasteiger partial charge in [0.05, 0.1) is 20.1 Å². The van der Waals surface area contributed by atoms with Gasteiger partial charge in [-0.05, 0) is 31.7 Å². The summed E-state index contributed by atoms with van der Waals surface area (Å²) in [5.74, 6) is 0.585. The van der Waals surface area contributed by atoms with Crippen molar-refractivity contribution < 1.29 is 14.3 Å². The second kappa shape index (κ2) is 6.91. The van der Waals surface area contributed by atoms with Gasteiger partial charge >= 0.3 is 5.97 Å². The van der Waals surface area contributed by atoms with Gasteiger partial charge in [-0.2, -0.15) is 0 Å². The average molecular weight is 237 g/mol. The molecule has 1 atom stereocenters. The van der Waals surface area contributed by atoms with E-state index in [0.717, 1.165) is 11.3 Å². The van der Waals surface area contributed by atoms with E-state index in [1.807, 2.05) is 38.2 Å². The number of methoxy groups -OCH3 is 1. The van der Waals surface area contributed by atoms with E-state index in [1.54, 1.807) is 0 Å². The Morgan fingerprint density at radius 2 is 2.24 bits per heavy atom. The van der Waals surface area contributed by atoms with Gasteiger partial charge in [0.2, 0.25) is 0 Å². The molecule has 94 valence electrons. The highest BCUT2D eigenvalue weighted by molar-refractivity contribution is 5.70. The van der Waals surface area contributed by atoms with Crippen LogP contribution in [-0.4, -0.2) is 26.7 Å². The van der Waals surface area contributed by atoms with Crippen LogP contribution in [-0.2, 0) is 9.53 Å². The Bertz CT molecular complexity index is 365. The molecule has 0 aromatic heterocycles. The van der Waals surface area contributed by atoms with Crippen LogP contribution in [0.15, 0.2) is 24.3 Å². The normalized spacial score (nSPS) is 11.9.